The van der Waals surface area contributed by atoms with Crippen LogP contribution in [0.5, 0.6) is 17.2 Å². The summed E-state index contributed by atoms with van der Waals surface area (Å²) in [5.74, 6) is 1.85. The lowest BCUT2D eigenvalue weighted by atomic mass is 9.97. The monoisotopic (exact) mass is 280 g/mol. The van der Waals surface area contributed by atoms with Crippen LogP contribution in [0.2, 0.25) is 0 Å². The minimum atomic E-state index is 0.262. The molecule has 0 radical (unpaired) electrons. The van der Waals surface area contributed by atoms with Gasteiger partial charge in [0, 0.05) is 5.56 Å². The van der Waals surface area contributed by atoms with Gasteiger partial charge in [0.15, 0.2) is 0 Å². The molecule has 1 N–H and O–H groups in total. The Balaban J connectivity index is 2.22. The molecule has 0 unspecified atom stereocenters. The number of ether oxygens (including phenoxy) is 2. The lowest BCUT2D eigenvalue weighted by Gasteiger charge is -2.11. The van der Waals surface area contributed by atoms with Gasteiger partial charge in [-0.2, -0.15) is 0 Å². The van der Waals surface area contributed by atoms with E-state index in [1.807, 2.05) is 48.5 Å². The number of phenolic OH excluding ortho intramolecular Hbond substituents is 1. The van der Waals surface area contributed by atoms with Gasteiger partial charge in [-0.25, -0.2) is 0 Å². The van der Waals surface area contributed by atoms with Crippen LogP contribution in [0.1, 0.15) is 0 Å². The van der Waals surface area contributed by atoms with Gasteiger partial charge in [-0.3, -0.25) is 0 Å². The Hall–Kier alpha value is -2.68. The maximum atomic E-state index is 10.3. The summed E-state index contributed by atoms with van der Waals surface area (Å²) in [5, 5.41) is 12.3. The topological polar surface area (TPSA) is 38.7 Å². The predicted molar refractivity (Wildman–Crippen MR) is 84.2 cm³/mol. The number of hydrogen-bond acceptors (Lipinski definition) is 3. The maximum absolute atomic E-state index is 10.3. The molecule has 0 heterocycles. The van der Waals surface area contributed by atoms with Crippen LogP contribution in [0.3, 0.4) is 0 Å². The van der Waals surface area contributed by atoms with Crippen LogP contribution >= 0.6 is 0 Å². The average Bonchev–Trinajstić information content (AvgIpc) is 2.54. The second kappa shape index (κ2) is 5.37. The first-order chi connectivity index (χ1) is 10.2. The SMILES string of the molecule is COc1ccc(-c2c(O)ccc3cc(OC)ccc23)cc1. The van der Waals surface area contributed by atoms with Crippen molar-refractivity contribution in [3.05, 3.63) is 54.6 Å². The van der Waals surface area contributed by atoms with Gasteiger partial charge in [-0.1, -0.05) is 18.2 Å². The number of fused-ring (bicyclic) bond motifs is 1. The van der Waals surface area contributed by atoms with Crippen molar-refractivity contribution in [2.45, 2.75) is 0 Å². The molecular formula is C18H16O3. The smallest absolute Gasteiger partial charge is 0.124 e. The largest absolute Gasteiger partial charge is 0.507 e. The van der Waals surface area contributed by atoms with Crippen molar-refractivity contribution in [3.63, 3.8) is 0 Å². The van der Waals surface area contributed by atoms with E-state index in [1.165, 1.54) is 0 Å². The zero-order valence-electron chi connectivity index (χ0n) is 12.0. The van der Waals surface area contributed by atoms with Crippen molar-refractivity contribution in [2.24, 2.45) is 0 Å². The fraction of sp³-hybridized carbons (Fsp3) is 0.111. The molecule has 3 aromatic carbocycles. The standard InChI is InChI=1S/C18H16O3/c1-20-14-6-3-12(4-7-14)18-16-9-8-15(21-2)11-13(16)5-10-17(18)19/h3-11,19H,1-2H3. The molecule has 3 heteroatoms. The van der Waals surface area contributed by atoms with Crippen LogP contribution in [0, 0.1) is 0 Å². The highest BCUT2D eigenvalue weighted by Crippen LogP contribution is 2.38. The van der Waals surface area contributed by atoms with E-state index in [-0.39, 0.29) is 5.75 Å². The van der Waals surface area contributed by atoms with Crippen molar-refractivity contribution in [1.29, 1.82) is 0 Å². The first-order valence-electron chi connectivity index (χ1n) is 6.67. The highest BCUT2D eigenvalue weighted by molar-refractivity contribution is 6.00. The van der Waals surface area contributed by atoms with Crippen molar-refractivity contribution >= 4 is 10.8 Å². The van der Waals surface area contributed by atoms with Crippen LogP contribution in [0.15, 0.2) is 54.6 Å². The van der Waals surface area contributed by atoms with Crippen LogP contribution in [0.4, 0.5) is 0 Å². The normalized spacial score (nSPS) is 10.6. The zero-order valence-corrected chi connectivity index (χ0v) is 12.0. The Labute approximate surface area is 123 Å². The fourth-order valence-electron chi connectivity index (χ4n) is 2.48. The first-order valence-corrected chi connectivity index (χ1v) is 6.67. The Kier molecular flexibility index (Phi) is 3.40. The van der Waals surface area contributed by atoms with E-state index in [9.17, 15) is 5.11 Å². The molecule has 0 amide bonds. The second-order valence-electron chi connectivity index (χ2n) is 4.78. The van der Waals surface area contributed by atoms with E-state index >= 15 is 0 Å². The molecule has 0 saturated carbocycles. The van der Waals surface area contributed by atoms with Gasteiger partial charge in [0.25, 0.3) is 0 Å². The van der Waals surface area contributed by atoms with Gasteiger partial charge in [0.1, 0.15) is 17.2 Å². The van der Waals surface area contributed by atoms with E-state index in [0.717, 1.165) is 33.4 Å². The third-order valence-corrected chi connectivity index (χ3v) is 3.58. The van der Waals surface area contributed by atoms with Crippen LogP contribution in [0.25, 0.3) is 21.9 Å². The molecule has 106 valence electrons. The van der Waals surface area contributed by atoms with Crippen LogP contribution in [-0.4, -0.2) is 19.3 Å². The van der Waals surface area contributed by atoms with Gasteiger partial charge in [0.2, 0.25) is 0 Å². The minimum Gasteiger partial charge on any atom is -0.507 e. The van der Waals surface area contributed by atoms with Crippen molar-refractivity contribution in [3.8, 4) is 28.4 Å². The van der Waals surface area contributed by atoms with E-state index in [2.05, 4.69) is 0 Å². The summed E-state index contributed by atoms with van der Waals surface area (Å²) in [6, 6.07) is 17.1. The van der Waals surface area contributed by atoms with Gasteiger partial charge >= 0.3 is 0 Å². The molecule has 0 fully saturated rings. The Morgan fingerprint density at radius 3 is 2.10 bits per heavy atom. The highest BCUT2D eigenvalue weighted by atomic mass is 16.5. The quantitative estimate of drug-likeness (QED) is 0.780. The molecule has 0 atom stereocenters. The number of aromatic hydroxyl groups is 1. The summed E-state index contributed by atoms with van der Waals surface area (Å²) in [5.41, 5.74) is 1.77. The third kappa shape index (κ3) is 2.38. The Bertz CT molecular complexity index is 776. The zero-order chi connectivity index (χ0) is 14.8. The van der Waals surface area contributed by atoms with Crippen molar-refractivity contribution < 1.29 is 14.6 Å². The molecule has 0 aliphatic rings. The van der Waals surface area contributed by atoms with Gasteiger partial charge in [-0.15, -0.1) is 0 Å². The Morgan fingerprint density at radius 1 is 0.762 bits per heavy atom. The molecule has 3 rings (SSSR count). The fourth-order valence-corrected chi connectivity index (χ4v) is 2.48. The predicted octanol–water partition coefficient (Wildman–Crippen LogP) is 4.23. The maximum Gasteiger partial charge on any atom is 0.124 e. The summed E-state index contributed by atoms with van der Waals surface area (Å²) < 4.78 is 10.4. The van der Waals surface area contributed by atoms with Crippen molar-refractivity contribution in [1.82, 2.24) is 0 Å². The van der Waals surface area contributed by atoms with E-state index in [1.54, 1.807) is 20.3 Å². The lowest BCUT2D eigenvalue weighted by molar-refractivity contribution is 0.415. The molecular weight excluding hydrogens is 264 g/mol. The van der Waals surface area contributed by atoms with E-state index < -0.39 is 0 Å². The third-order valence-electron chi connectivity index (χ3n) is 3.58. The summed E-state index contributed by atoms with van der Waals surface area (Å²) in [6.07, 6.45) is 0. The molecule has 0 aliphatic carbocycles. The number of phenols is 1. The second-order valence-corrected chi connectivity index (χ2v) is 4.78. The molecule has 3 nitrogen and oxygen atoms in total. The van der Waals surface area contributed by atoms with Crippen LogP contribution < -0.4 is 9.47 Å². The van der Waals surface area contributed by atoms with E-state index in [0.29, 0.717) is 0 Å². The number of hydrogen-bond donors (Lipinski definition) is 1. The van der Waals surface area contributed by atoms with Gasteiger partial charge in [-0.05, 0) is 52.7 Å². The average molecular weight is 280 g/mol. The summed E-state index contributed by atoms with van der Waals surface area (Å²) in [4.78, 5) is 0. The molecule has 0 bridgehead atoms. The molecule has 0 saturated heterocycles. The molecule has 0 aromatic heterocycles. The molecule has 21 heavy (non-hydrogen) atoms. The number of rotatable bonds is 3. The molecule has 3 aromatic rings. The minimum absolute atomic E-state index is 0.262. The van der Waals surface area contributed by atoms with Crippen molar-refractivity contribution in [2.75, 3.05) is 14.2 Å². The summed E-state index contributed by atoms with van der Waals surface area (Å²) >= 11 is 0. The lowest BCUT2D eigenvalue weighted by Crippen LogP contribution is -1.87. The molecule has 0 spiro atoms. The first kappa shape index (κ1) is 13.3. The molecule has 0 aliphatic heterocycles. The number of benzene rings is 3. The van der Waals surface area contributed by atoms with E-state index in [4.69, 9.17) is 9.47 Å². The van der Waals surface area contributed by atoms with Crippen LogP contribution in [-0.2, 0) is 0 Å². The highest BCUT2D eigenvalue weighted by Gasteiger charge is 2.10. The summed E-state index contributed by atoms with van der Waals surface area (Å²) in [6.45, 7) is 0. The Morgan fingerprint density at radius 2 is 1.43 bits per heavy atom. The number of methoxy groups -OCH3 is 2. The van der Waals surface area contributed by atoms with Gasteiger partial charge < -0.3 is 14.6 Å². The van der Waals surface area contributed by atoms with Gasteiger partial charge in [0.05, 0.1) is 14.2 Å². The summed E-state index contributed by atoms with van der Waals surface area (Å²) in [7, 11) is 3.28.